The van der Waals surface area contributed by atoms with E-state index in [0.717, 1.165) is 24.0 Å². The Morgan fingerprint density at radius 1 is 1.58 bits per heavy atom. The van der Waals surface area contributed by atoms with E-state index in [1.165, 1.54) is 0 Å². The average Bonchev–Trinajstić information content (AvgIpc) is 2.50. The van der Waals surface area contributed by atoms with Crippen LogP contribution >= 0.6 is 11.8 Å². The first-order valence-corrected chi connectivity index (χ1v) is 4.90. The summed E-state index contributed by atoms with van der Waals surface area (Å²) in [6, 6.07) is 0. The van der Waals surface area contributed by atoms with E-state index >= 15 is 0 Å². The summed E-state index contributed by atoms with van der Waals surface area (Å²) in [4.78, 5) is 0. The van der Waals surface area contributed by atoms with Gasteiger partial charge < -0.3 is 5.32 Å². The zero-order chi connectivity index (χ0) is 8.81. The first-order chi connectivity index (χ1) is 5.88. The SMILES string of the molecule is CCSc1nnnn1CCNC. The van der Waals surface area contributed by atoms with Gasteiger partial charge in [0.1, 0.15) is 0 Å². The van der Waals surface area contributed by atoms with Gasteiger partial charge in [0.25, 0.3) is 0 Å². The second-order valence-corrected chi connectivity index (χ2v) is 3.45. The summed E-state index contributed by atoms with van der Waals surface area (Å²) >= 11 is 1.66. The van der Waals surface area contributed by atoms with Gasteiger partial charge in [0.15, 0.2) is 0 Å². The van der Waals surface area contributed by atoms with Crippen LogP contribution < -0.4 is 5.32 Å². The molecule has 1 aromatic rings. The minimum atomic E-state index is 0.825. The van der Waals surface area contributed by atoms with Crippen molar-refractivity contribution in [1.29, 1.82) is 0 Å². The number of rotatable bonds is 5. The molecule has 0 amide bonds. The Bertz CT molecular complexity index is 223. The third kappa shape index (κ3) is 2.46. The van der Waals surface area contributed by atoms with Crippen molar-refractivity contribution in [3.05, 3.63) is 0 Å². The number of nitrogens with one attached hydrogen (secondary N) is 1. The summed E-state index contributed by atoms with van der Waals surface area (Å²) in [6.07, 6.45) is 0. The lowest BCUT2D eigenvalue weighted by Gasteiger charge is -2.01. The molecule has 0 aromatic carbocycles. The van der Waals surface area contributed by atoms with Gasteiger partial charge in [0, 0.05) is 6.54 Å². The number of thioether (sulfide) groups is 1. The molecule has 0 bridgehead atoms. The van der Waals surface area contributed by atoms with E-state index < -0.39 is 0 Å². The van der Waals surface area contributed by atoms with Crippen molar-refractivity contribution in [2.24, 2.45) is 0 Å². The highest BCUT2D eigenvalue weighted by atomic mass is 32.2. The van der Waals surface area contributed by atoms with Crippen molar-refractivity contribution in [2.75, 3.05) is 19.3 Å². The summed E-state index contributed by atoms with van der Waals surface area (Å²) in [5.41, 5.74) is 0. The number of hydrogen-bond donors (Lipinski definition) is 1. The van der Waals surface area contributed by atoms with Gasteiger partial charge in [0.2, 0.25) is 5.16 Å². The Hall–Kier alpha value is -0.620. The van der Waals surface area contributed by atoms with Crippen LogP contribution in [0.5, 0.6) is 0 Å². The van der Waals surface area contributed by atoms with E-state index in [4.69, 9.17) is 0 Å². The average molecular weight is 187 g/mol. The van der Waals surface area contributed by atoms with Gasteiger partial charge >= 0.3 is 0 Å². The van der Waals surface area contributed by atoms with Crippen LogP contribution in [0.1, 0.15) is 6.92 Å². The molecule has 1 rings (SSSR count). The molecule has 1 aromatic heterocycles. The van der Waals surface area contributed by atoms with Crippen LogP contribution in [0, 0.1) is 0 Å². The second kappa shape index (κ2) is 5.10. The Labute approximate surface area is 75.9 Å². The molecule has 0 saturated carbocycles. The summed E-state index contributed by atoms with van der Waals surface area (Å²) in [5, 5.41) is 15.3. The highest BCUT2D eigenvalue weighted by Gasteiger charge is 2.03. The summed E-state index contributed by atoms with van der Waals surface area (Å²) in [6.45, 7) is 3.80. The summed E-state index contributed by atoms with van der Waals surface area (Å²) in [5.74, 6) is 1.000. The van der Waals surface area contributed by atoms with Crippen LogP contribution in [-0.4, -0.2) is 39.6 Å². The fourth-order valence-electron chi connectivity index (χ4n) is 0.787. The smallest absolute Gasteiger partial charge is 0.209 e. The Morgan fingerprint density at radius 2 is 2.42 bits per heavy atom. The van der Waals surface area contributed by atoms with E-state index in [0.29, 0.717) is 0 Å². The van der Waals surface area contributed by atoms with Crippen molar-refractivity contribution in [3.8, 4) is 0 Å². The fourth-order valence-corrected chi connectivity index (χ4v) is 1.42. The first-order valence-electron chi connectivity index (χ1n) is 3.92. The zero-order valence-electron chi connectivity index (χ0n) is 7.32. The third-order valence-corrected chi connectivity index (χ3v) is 2.19. The minimum absolute atomic E-state index is 0.825. The minimum Gasteiger partial charge on any atom is -0.318 e. The third-order valence-electron chi connectivity index (χ3n) is 1.35. The van der Waals surface area contributed by atoms with Gasteiger partial charge in [-0.15, -0.1) is 5.10 Å². The maximum atomic E-state index is 3.90. The van der Waals surface area contributed by atoms with Crippen LogP contribution in [0.4, 0.5) is 0 Å². The Balaban J connectivity index is 2.51. The van der Waals surface area contributed by atoms with E-state index in [9.17, 15) is 0 Å². The molecule has 0 spiro atoms. The molecule has 0 aliphatic heterocycles. The maximum Gasteiger partial charge on any atom is 0.209 e. The molecule has 0 aliphatic carbocycles. The normalized spacial score (nSPS) is 10.5. The van der Waals surface area contributed by atoms with Gasteiger partial charge in [-0.1, -0.05) is 18.7 Å². The van der Waals surface area contributed by atoms with E-state index in [1.54, 1.807) is 11.8 Å². The van der Waals surface area contributed by atoms with Gasteiger partial charge in [-0.25, -0.2) is 4.68 Å². The molecule has 1 N–H and O–H groups in total. The maximum absolute atomic E-state index is 3.90. The predicted octanol–water partition coefficient (Wildman–Crippen LogP) is 0.00450. The standard InChI is InChI=1S/C6H13N5S/c1-3-12-6-8-9-10-11(6)5-4-7-2/h7H,3-5H2,1-2H3. The zero-order valence-corrected chi connectivity index (χ0v) is 8.13. The molecule has 0 radical (unpaired) electrons. The lowest BCUT2D eigenvalue weighted by molar-refractivity contribution is 0.530. The van der Waals surface area contributed by atoms with Crippen LogP contribution in [0.2, 0.25) is 0 Å². The lowest BCUT2D eigenvalue weighted by Crippen LogP contribution is -2.16. The Kier molecular flexibility index (Phi) is 4.02. The molecule has 0 saturated heterocycles. The second-order valence-electron chi connectivity index (χ2n) is 2.22. The van der Waals surface area contributed by atoms with E-state index in [-0.39, 0.29) is 0 Å². The van der Waals surface area contributed by atoms with Gasteiger partial charge in [0.05, 0.1) is 6.54 Å². The molecular weight excluding hydrogens is 174 g/mol. The molecular formula is C6H13N5S. The van der Waals surface area contributed by atoms with Crippen LogP contribution in [0.3, 0.4) is 0 Å². The number of nitrogens with zero attached hydrogens (tertiary/aromatic N) is 4. The van der Waals surface area contributed by atoms with Crippen molar-refractivity contribution < 1.29 is 0 Å². The van der Waals surface area contributed by atoms with Crippen LogP contribution in [0.15, 0.2) is 5.16 Å². The molecule has 6 heteroatoms. The van der Waals surface area contributed by atoms with Gasteiger partial charge in [-0.05, 0) is 23.2 Å². The molecule has 0 unspecified atom stereocenters. The highest BCUT2D eigenvalue weighted by molar-refractivity contribution is 7.99. The molecule has 1 heterocycles. The van der Waals surface area contributed by atoms with Crippen LogP contribution in [-0.2, 0) is 6.54 Å². The number of likely N-dealkylation sites (N-methyl/N-ethyl adjacent to an activating group) is 1. The predicted molar refractivity (Wildman–Crippen MR) is 48.1 cm³/mol. The molecule has 0 atom stereocenters. The van der Waals surface area contributed by atoms with Crippen molar-refractivity contribution in [1.82, 2.24) is 25.5 Å². The van der Waals surface area contributed by atoms with Gasteiger partial charge in [-0.2, -0.15) is 0 Å². The summed E-state index contributed by atoms with van der Waals surface area (Å²) < 4.78 is 1.81. The largest absolute Gasteiger partial charge is 0.318 e. The van der Waals surface area contributed by atoms with Gasteiger partial charge in [-0.3, -0.25) is 0 Å². The number of tetrazole rings is 1. The van der Waals surface area contributed by atoms with Crippen molar-refractivity contribution in [3.63, 3.8) is 0 Å². The van der Waals surface area contributed by atoms with E-state index in [1.807, 2.05) is 11.7 Å². The molecule has 12 heavy (non-hydrogen) atoms. The van der Waals surface area contributed by atoms with Crippen molar-refractivity contribution in [2.45, 2.75) is 18.6 Å². The van der Waals surface area contributed by atoms with Crippen LogP contribution in [0.25, 0.3) is 0 Å². The monoisotopic (exact) mass is 187 g/mol. The molecule has 0 aliphatic rings. The lowest BCUT2D eigenvalue weighted by atomic mass is 10.6. The number of hydrogen-bond acceptors (Lipinski definition) is 5. The molecule has 0 fully saturated rings. The molecule has 5 nitrogen and oxygen atoms in total. The molecule has 68 valence electrons. The van der Waals surface area contributed by atoms with E-state index in [2.05, 4.69) is 27.8 Å². The quantitative estimate of drug-likeness (QED) is 0.658. The Morgan fingerprint density at radius 3 is 3.08 bits per heavy atom. The van der Waals surface area contributed by atoms with Crippen molar-refractivity contribution >= 4 is 11.8 Å². The summed E-state index contributed by atoms with van der Waals surface area (Å²) in [7, 11) is 1.91. The fraction of sp³-hybridized carbons (Fsp3) is 0.833. The number of aromatic nitrogens is 4. The first kappa shape index (κ1) is 9.47. The highest BCUT2D eigenvalue weighted by Crippen LogP contribution is 2.11. The topological polar surface area (TPSA) is 55.6 Å².